The van der Waals surface area contributed by atoms with Crippen LogP contribution in [0.3, 0.4) is 0 Å². The van der Waals surface area contributed by atoms with Crippen molar-refractivity contribution in [1.82, 2.24) is 4.98 Å². The van der Waals surface area contributed by atoms with Crippen molar-refractivity contribution in [1.29, 1.82) is 0 Å². The van der Waals surface area contributed by atoms with Gasteiger partial charge in [0.15, 0.2) is 0 Å². The molecule has 2 nitrogen and oxygen atoms in total. The van der Waals surface area contributed by atoms with Crippen molar-refractivity contribution >= 4 is 10.9 Å². The molecule has 2 aliphatic carbocycles. The molecule has 1 aromatic carbocycles. The van der Waals surface area contributed by atoms with Gasteiger partial charge in [-0.25, -0.2) is 0 Å². The maximum absolute atomic E-state index is 6.81. The van der Waals surface area contributed by atoms with E-state index >= 15 is 0 Å². The monoisotopic (exact) mass is 294 g/mol. The average Bonchev–Trinajstić information content (AvgIpc) is 2.98. The number of hydrogen-bond acceptors (Lipinski definition) is 1. The minimum atomic E-state index is 0.0389. The molecule has 4 rings (SSSR count). The molecule has 3 N–H and O–H groups in total. The van der Waals surface area contributed by atoms with E-state index in [1.165, 1.54) is 28.6 Å². The number of aromatic amines is 1. The molecule has 4 atom stereocenters. The van der Waals surface area contributed by atoms with E-state index in [1.54, 1.807) is 0 Å². The van der Waals surface area contributed by atoms with Gasteiger partial charge in [0.25, 0.3) is 0 Å². The van der Waals surface area contributed by atoms with Gasteiger partial charge in [-0.2, -0.15) is 0 Å². The van der Waals surface area contributed by atoms with Crippen LogP contribution in [0.4, 0.5) is 0 Å². The second-order valence-corrected chi connectivity index (χ2v) is 8.09. The van der Waals surface area contributed by atoms with Crippen LogP contribution >= 0.6 is 0 Å². The van der Waals surface area contributed by atoms with Crippen LogP contribution in [0, 0.1) is 11.3 Å². The highest BCUT2D eigenvalue weighted by molar-refractivity contribution is 5.87. The lowest BCUT2D eigenvalue weighted by Crippen LogP contribution is -2.50. The van der Waals surface area contributed by atoms with Gasteiger partial charge in [-0.1, -0.05) is 45.0 Å². The van der Waals surface area contributed by atoms with Crippen LogP contribution in [0.5, 0.6) is 0 Å². The molecule has 0 bridgehead atoms. The van der Waals surface area contributed by atoms with E-state index in [1.807, 2.05) is 0 Å². The topological polar surface area (TPSA) is 41.8 Å². The molecule has 2 heteroatoms. The molecule has 2 aliphatic rings. The number of H-pyrrole nitrogens is 1. The van der Waals surface area contributed by atoms with Gasteiger partial charge < -0.3 is 10.7 Å². The van der Waals surface area contributed by atoms with E-state index < -0.39 is 0 Å². The maximum atomic E-state index is 6.81. The van der Waals surface area contributed by atoms with E-state index in [0.717, 1.165) is 6.42 Å². The number of aromatic nitrogens is 1. The van der Waals surface area contributed by atoms with Gasteiger partial charge >= 0.3 is 0 Å². The second kappa shape index (κ2) is 4.26. The minimum Gasteiger partial charge on any atom is -0.358 e. The Kier molecular flexibility index (Phi) is 2.73. The quantitative estimate of drug-likeness (QED) is 0.748. The van der Waals surface area contributed by atoms with Crippen LogP contribution in [0.15, 0.2) is 36.9 Å². The smallest absolute Gasteiger partial charge is 0.0459 e. The predicted octanol–water partition coefficient (Wildman–Crippen LogP) is 4.47. The molecule has 0 amide bonds. The van der Waals surface area contributed by atoms with Gasteiger partial charge in [-0.3, -0.25) is 0 Å². The summed E-state index contributed by atoms with van der Waals surface area (Å²) in [4.78, 5) is 3.71. The molecule has 1 heterocycles. The molecule has 116 valence electrons. The first kappa shape index (κ1) is 14.1. The molecular formula is C20H26N2. The molecule has 0 unspecified atom stereocenters. The summed E-state index contributed by atoms with van der Waals surface area (Å²) in [7, 11) is 0. The molecule has 1 aromatic heterocycles. The third kappa shape index (κ3) is 1.54. The van der Waals surface area contributed by atoms with Crippen LogP contribution < -0.4 is 5.73 Å². The van der Waals surface area contributed by atoms with Crippen LogP contribution in [0.1, 0.15) is 50.8 Å². The highest BCUT2D eigenvalue weighted by atomic mass is 14.8. The Morgan fingerprint density at radius 3 is 2.73 bits per heavy atom. The lowest BCUT2D eigenvalue weighted by Gasteiger charge is -2.47. The molecule has 1 fully saturated rings. The van der Waals surface area contributed by atoms with Gasteiger partial charge in [0, 0.05) is 39.4 Å². The number of rotatable bonds is 1. The molecule has 0 radical (unpaired) electrons. The van der Waals surface area contributed by atoms with Crippen molar-refractivity contribution in [2.24, 2.45) is 17.1 Å². The third-order valence-corrected chi connectivity index (χ3v) is 6.69. The molecule has 22 heavy (non-hydrogen) atoms. The van der Waals surface area contributed by atoms with Crippen LogP contribution in [0.2, 0.25) is 0 Å². The van der Waals surface area contributed by atoms with Crippen LogP contribution in [0.25, 0.3) is 10.9 Å². The first-order chi connectivity index (χ1) is 10.4. The summed E-state index contributed by atoms with van der Waals surface area (Å²) < 4.78 is 0. The Bertz CT molecular complexity index is 754. The third-order valence-electron chi connectivity index (χ3n) is 6.69. The summed E-state index contributed by atoms with van der Waals surface area (Å²) in [6.45, 7) is 11.1. The van der Waals surface area contributed by atoms with Gasteiger partial charge in [0.2, 0.25) is 0 Å². The van der Waals surface area contributed by atoms with E-state index in [-0.39, 0.29) is 16.9 Å². The van der Waals surface area contributed by atoms with Gasteiger partial charge in [-0.15, -0.1) is 6.58 Å². The number of benzene rings is 1. The number of fused-ring (bicyclic) bond motifs is 5. The summed E-state index contributed by atoms with van der Waals surface area (Å²) in [5.74, 6) is 1.05. The van der Waals surface area contributed by atoms with Crippen molar-refractivity contribution in [3.8, 4) is 0 Å². The normalized spacial score (nSPS) is 36.1. The average molecular weight is 294 g/mol. The fraction of sp³-hybridized carbons (Fsp3) is 0.500. The SMILES string of the molecule is C=C[C@@]1(C)CC[C@@H]2[C@H](c3c([nH]c4ccccc34)C2(C)C)[C@@H]1N. The lowest BCUT2D eigenvalue weighted by molar-refractivity contribution is 0.124. The fourth-order valence-corrected chi connectivity index (χ4v) is 5.11. The first-order valence-corrected chi connectivity index (χ1v) is 8.40. The number of para-hydroxylation sites is 1. The molecule has 0 saturated heterocycles. The van der Waals surface area contributed by atoms with Crippen molar-refractivity contribution in [2.75, 3.05) is 0 Å². The van der Waals surface area contributed by atoms with E-state index in [0.29, 0.717) is 11.8 Å². The summed E-state index contributed by atoms with van der Waals surface area (Å²) in [6.07, 6.45) is 4.46. The zero-order valence-corrected chi connectivity index (χ0v) is 13.8. The maximum Gasteiger partial charge on any atom is 0.0459 e. The van der Waals surface area contributed by atoms with Crippen molar-refractivity contribution in [3.05, 3.63) is 48.2 Å². The molecule has 2 aromatic rings. The van der Waals surface area contributed by atoms with Crippen LogP contribution in [-0.4, -0.2) is 11.0 Å². The lowest BCUT2D eigenvalue weighted by atomic mass is 9.59. The Morgan fingerprint density at radius 2 is 2.00 bits per heavy atom. The summed E-state index contributed by atoms with van der Waals surface area (Å²) in [5.41, 5.74) is 11.1. The molecule has 0 aliphatic heterocycles. The molecule has 0 spiro atoms. The number of nitrogens with two attached hydrogens (primary N) is 1. The number of hydrogen-bond donors (Lipinski definition) is 2. The summed E-state index contributed by atoms with van der Waals surface area (Å²) in [6, 6.07) is 8.81. The fourth-order valence-electron chi connectivity index (χ4n) is 5.11. The first-order valence-electron chi connectivity index (χ1n) is 8.40. The largest absolute Gasteiger partial charge is 0.358 e. The van der Waals surface area contributed by atoms with Crippen molar-refractivity contribution < 1.29 is 0 Å². The van der Waals surface area contributed by atoms with E-state index in [2.05, 4.69) is 62.7 Å². The van der Waals surface area contributed by atoms with Gasteiger partial charge in [-0.05, 0) is 30.4 Å². The zero-order chi connectivity index (χ0) is 15.7. The predicted molar refractivity (Wildman–Crippen MR) is 93.1 cm³/mol. The Balaban J connectivity index is 1.97. The molecular weight excluding hydrogens is 268 g/mol. The Hall–Kier alpha value is -1.54. The summed E-state index contributed by atoms with van der Waals surface area (Å²) >= 11 is 0. The highest BCUT2D eigenvalue weighted by Gasteiger charge is 2.55. The second-order valence-electron chi connectivity index (χ2n) is 8.09. The Labute approximate surface area is 132 Å². The van der Waals surface area contributed by atoms with Gasteiger partial charge in [0.1, 0.15) is 0 Å². The Morgan fingerprint density at radius 1 is 1.27 bits per heavy atom. The molecule has 1 saturated carbocycles. The van der Waals surface area contributed by atoms with Gasteiger partial charge in [0.05, 0.1) is 0 Å². The standard InChI is InChI=1S/C20H26N2/c1-5-20(4)11-10-13-16(17(20)21)15-12-8-6-7-9-14(12)22-18(15)19(13,2)3/h5-9,13,16-17,22H,1,10-11,21H2,2-4H3/t13-,16-,17+,20+/m1/s1. The minimum absolute atomic E-state index is 0.0389. The zero-order valence-electron chi connectivity index (χ0n) is 13.8. The van der Waals surface area contributed by atoms with Crippen molar-refractivity contribution in [2.45, 2.75) is 51.0 Å². The summed E-state index contributed by atoms with van der Waals surface area (Å²) in [5, 5.41) is 1.36. The van der Waals surface area contributed by atoms with Crippen LogP contribution in [-0.2, 0) is 5.41 Å². The van der Waals surface area contributed by atoms with E-state index in [9.17, 15) is 0 Å². The number of nitrogens with one attached hydrogen (secondary N) is 1. The highest BCUT2D eigenvalue weighted by Crippen LogP contribution is 2.60. The van der Waals surface area contributed by atoms with Crippen molar-refractivity contribution in [3.63, 3.8) is 0 Å². The van der Waals surface area contributed by atoms with E-state index in [4.69, 9.17) is 5.73 Å².